The molecule has 3 aromatic rings. The van der Waals surface area contributed by atoms with Crippen LogP contribution in [0.25, 0.3) is 0 Å². The minimum absolute atomic E-state index is 0. The summed E-state index contributed by atoms with van der Waals surface area (Å²) in [6, 6.07) is 19.8. The molecule has 0 N–H and O–H groups in total. The van der Waals surface area contributed by atoms with Crippen LogP contribution in [0.2, 0.25) is 0 Å². The fraction of sp³-hybridized carbons (Fsp3) is 0.321. The second kappa shape index (κ2) is 10.5. The molecule has 1 fully saturated rings. The van der Waals surface area contributed by atoms with Crippen molar-refractivity contribution in [2.45, 2.75) is 30.8 Å². The molecule has 0 bridgehead atoms. The van der Waals surface area contributed by atoms with Gasteiger partial charge in [0.2, 0.25) is 6.79 Å². The zero-order valence-electron chi connectivity index (χ0n) is 21.1. The highest BCUT2D eigenvalue weighted by atomic mass is 35.5. The van der Waals surface area contributed by atoms with Gasteiger partial charge in [0.1, 0.15) is 0 Å². The molecular formula is C28H30ClN3O5S. The minimum atomic E-state index is -3.80. The zero-order valence-corrected chi connectivity index (χ0v) is 22.7. The molecule has 3 aliphatic heterocycles. The number of fused-ring (bicyclic) bond motifs is 2. The topological polar surface area (TPSA) is 79.4 Å². The van der Waals surface area contributed by atoms with Gasteiger partial charge < -0.3 is 14.4 Å². The van der Waals surface area contributed by atoms with Gasteiger partial charge in [0.25, 0.3) is 15.9 Å². The highest BCUT2D eigenvalue weighted by Gasteiger charge is 2.36. The number of amides is 1. The number of anilines is 1. The van der Waals surface area contributed by atoms with Gasteiger partial charge in [-0.05, 0) is 60.9 Å². The first-order valence-electron chi connectivity index (χ1n) is 12.5. The Balaban J connectivity index is 0.00000294. The monoisotopic (exact) mass is 555 g/mol. The number of benzene rings is 3. The summed E-state index contributed by atoms with van der Waals surface area (Å²) in [5.74, 6) is 1.40. The van der Waals surface area contributed by atoms with Gasteiger partial charge in [-0.3, -0.25) is 14.0 Å². The van der Waals surface area contributed by atoms with Crippen molar-refractivity contribution in [3.63, 3.8) is 0 Å². The summed E-state index contributed by atoms with van der Waals surface area (Å²) < 4.78 is 39.6. The Kier molecular flexibility index (Phi) is 7.26. The van der Waals surface area contributed by atoms with Crippen molar-refractivity contribution in [3.8, 4) is 11.5 Å². The number of rotatable bonds is 5. The number of piperazine rings is 1. The van der Waals surface area contributed by atoms with Gasteiger partial charge in [-0.1, -0.05) is 30.3 Å². The summed E-state index contributed by atoms with van der Waals surface area (Å²) in [5.41, 5.74) is 3.26. The lowest BCUT2D eigenvalue weighted by Crippen LogP contribution is -2.48. The minimum Gasteiger partial charge on any atom is -0.454 e. The Hall–Kier alpha value is -3.27. The number of halogens is 1. The Bertz CT molecular complexity index is 1460. The van der Waals surface area contributed by atoms with Gasteiger partial charge in [-0.25, -0.2) is 8.42 Å². The Morgan fingerprint density at radius 1 is 0.921 bits per heavy atom. The van der Waals surface area contributed by atoms with Crippen LogP contribution in [0.4, 0.5) is 5.69 Å². The third-order valence-corrected chi connectivity index (χ3v) is 9.21. The first-order chi connectivity index (χ1) is 17.9. The van der Waals surface area contributed by atoms with E-state index in [1.807, 2.05) is 49.4 Å². The highest BCUT2D eigenvalue weighted by molar-refractivity contribution is 7.92. The maximum Gasteiger partial charge on any atom is 0.264 e. The van der Waals surface area contributed by atoms with Gasteiger partial charge in [0.15, 0.2) is 11.5 Å². The number of ether oxygens (including phenoxy) is 2. The van der Waals surface area contributed by atoms with E-state index in [0.717, 1.165) is 42.3 Å². The lowest BCUT2D eigenvalue weighted by atomic mass is 10.1. The van der Waals surface area contributed by atoms with Crippen LogP contribution in [-0.4, -0.2) is 63.1 Å². The number of carbonyl (C=O) groups is 1. The van der Waals surface area contributed by atoms with Crippen molar-refractivity contribution >= 4 is 34.0 Å². The Labute approximate surface area is 229 Å². The summed E-state index contributed by atoms with van der Waals surface area (Å²) >= 11 is 0. The van der Waals surface area contributed by atoms with Crippen LogP contribution in [-0.2, 0) is 23.0 Å². The first-order valence-corrected chi connectivity index (χ1v) is 14.0. The summed E-state index contributed by atoms with van der Waals surface area (Å²) in [6.07, 6.45) is 0.671. The molecule has 3 aromatic carbocycles. The van der Waals surface area contributed by atoms with Gasteiger partial charge in [0, 0.05) is 44.3 Å². The number of hydrogen-bond acceptors (Lipinski definition) is 6. The lowest BCUT2D eigenvalue weighted by molar-refractivity contribution is 0.0628. The maximum absolute atomic E-state index is 13.6. The second-order valence-electron chi connectivity index (χ2n) is 9.77. The van der Waals surface area contributed by atoms with Crippen molar-refractivity contribution in [3.05, 3.63) is 83.4 Å². The van der Waals surface area contributed by atoms with Crippen LogP contribution in [0.3, 0.4) is 0 Å². The molecule has 6 rings (SSSR count). The predicted octanol–water partition coefficient (Wildman–Crippen LogP) is 3.94. The second-order valence-corrected chi connectivity index (χ2v) is 11.6. The van der Waals surface area contributed by atoms with E-state index in [1.165, 1.54) is 10.4 Å². The molecule has 1 atom stereocenters. The van der Waals surface area contributed by atoms with E-state index in [-0.39, 0.29) is 36.0 Å². The van der Waals surface area contributed by atoms with E-state index in [9.17, 15) is 13.2 Å². The van der Waals surface area contributed by atoms with Crippen molar-refractivity contribution < 1.29 is 22.7 Å². The molecule has 0 aromatic heterocycles. The van der Waals surface area contributed by atoms with Crippen LogP contribution in [0.5, 0.6) is 11.5 Å². The highest BCUT2D eigenvalue weighted by Crippen LogP contribution is 2.37. The molecular weight excluding hydrogens is 526 g/mol. The molecule has 38 heavy (non-hydrogen) atoms. The zero-order chi connectivity index (χ0) is 25.6. The quantitative estimate of drug-likeness (QED) is 0.474. The fourth-order valence-corrected chi connectivity index (χ4v) is 7.13. The van der Waals surface area contributed by atoms with Crippen LogP contribution < -0.4 is 13.8 Å². The van der Waals surface area contributed by atoms with Crippen molar-refractivity contribution in [2.24, 2.45) is 0 Å². The summed E-state index contributed by atoms with van der Waals surface area (Å²) in [7, 11) is -3.80. The molecule has 8 nitrogen and oxygen atoms in total. The molecule has 1 unspecified atom stereocenters. The van der Waals surface area contributed by atoms with Crippen LogP contribution in [0, 0.1) is 0 Å². The molecule has 0 aliphatic carbocycles. The van der Waals surface area contributed by atoms with Gasteiger partial charge in [-0.2, -0.15) is 0 Å². The number of para-hydroxylation sites is 1. The third-order valence-electron chi connectivity index (χ3n) is 7.29. The maximum atomic E-state index is 13.6. The summed E-state index contributed by atoms with van der Waals surface area (Å²) in [4.78, 5) is 17.6. The number of carbonyl (C=O) groups excluding carboxylic acids is 1. The average molecular weight is 556 g/mol. The number of sulfonamides is 1. The smallest absolute Gasteiger partial charge is 0.264 e. The van der Waals surface area contributed by atoms with Gasteiger partial charge in [-0.15, -0.1) is 12.4 Å². The SMILES string of the molecule is CC1Cc2ccccc2N1S(=O)(=O)c1cccc(C(=O)N2CCN(Cc3ccc4c(c3)OCO4)CC2)c1.Cl. The lowest BCUT2D eigenvalue weighted by Gasteiger charge is -2.35. The molecule has 10 heteroatoms. The van der Waals surface area contributed by atoms with Crippen molar-refractivity contribution in [1.29, 1.82) is 0 Å². The van der Waals surface area contributed by atoms with E-state index in [0.29, 0.717) is 30.8 Å². The predicted molar refractivity (Wildman–Crippen MR) is 147 cm³/mol. The molecule has 1 saturated heterocycles. The molecule has 3 aliphatic rings. The molecule has 0 saturated carbocycles. The van der Waals surface area contributed by atoms with E-state index < -0.39 is 10.0 Å². The first kappa shape index (κ1) is 26.3. The number of hydrogen-bond donors (Lipinski definition) is 0. The van der Waals surface area contributed by atoms with Crippen LogP contribution >= 0.6 is 12.4 Å². The molecule has 200 valence electrons. The van der Waals surface area contributed by atoms with E-state index in [1.54, 1.807) is 23.1 Å². The molecule has 0 radical (unpaired) electrons. The number of nitrogens with zero attached hydrogens (tertiary/aromatic N) is 3. The van der Waals surface area contributed by atoms with E-state index in [4.69, 9.17) is 9.47 Å². The summed E-state index contributed by atoms with van der Waals surface area (Å²) in [6.45, 7) is 5.57. The largest absolute Gasteiger partial charge is 0.454 e. The molecule has 3 heterocycles. The van der Waals surface area contributed by atoms with Crippen LogP contribution in [0.1, 0.15) is 28.4 Å². The summed E-state index contributed by atoms with van der Waals surface area (Å²) in [5, 5.41) is 0. The molecule has 1 amide bonds. The van der Waals surface area contributed by atoms with Gasteiger partial charge >= 0.3 is 0 Å². The van der Waals surface area contributed by atoms with Crippen molar-refractivity contribution in [2.75, 3.05) is 37.3 Å². The van der Waals surface area contributed by atoms with Gasteiger partial charge in [0.05, 0.1) is 10.6 Å². The standard InChI is InChI=1S/C28H29N3O5S.ClH/c1-20-15-22-5-2-3-8-25(22)31(20)37(33,34)24-7-4-6-23(17-24)28(32)30-13-11-29(12-14-30)18-21-9-10-26-27(16-21)36-19-35-26;/h2-10,16-17,20H,11-15,18-19H2,1H3;1H. The van der Waals surface area contributed by atoms with E-state index in [2.05, 4.69) is 4.90 Å². The third kappa shape index (κ3) is 4.81. The Morgan fingerprint density at radius 2 is 1.68 bits per heavy atom. The average Bonchev–Trinajstić information content (AvgIpc) is 3.52. The van der Waals surface area contributed by atoms with E-state index >= 15 is 0 Å². The normalized spacial score (nSPS) is 18.7. The van der Waals surface area contributed by atoms with Crippen molar-refractivity contribution in [1.82, 2.24) is 9.80 Å². The molecule has 0 spiro atoms. The van der Waals surface area contributed by atoms with Crippen LogP contribution in [0.15, 0.2) is 71.6 Å². The Morgan fingerprint density at radius 3 is 2.50 bits per heavy atom. The fourth-order valence-electron chi connectivity index (χ4n) is 5.40.